The lowest BCUT2D eigenvalue weighted by atomic mass is 9.93. The van der Waals surface area contributed by atoms with E-state index in [-0.39, 0.29) is 29.4 Å². The molecule has 1 aromatic heterocycles. The molecule has 0 spiro atoms. The van der Waals surface area contributed by atoms with Crippen molar-refractivity contribution in [3.63, 3.8) is 0 Å². The molecule has 0 aliphatic heterocycles. The number of para-hydroxylation sites is 1. The number of rotatable bonds is 7. The van der Waals surface area contributed by atoms with Crippen molar-refractivity contribution in [3.8, 4) is 5.75 Å². The number of ether oxygens (including phenoxy) is 1. The van der Waals surface area contributed by atoms with Crippen molar-refractivity contribution >= 4 is 41.3 Å². The summed E-state index contributed by atoms with van der Waals surface area (Å²) in [5.41, 5.74) is 2.46. The van der Waals surface area contributed by atoms with Gasteiger partial charge in [-0.1, -0.05) is 39.0 Å². The van der Waals surface area contributed by atoms with Crippen molar-refractivity contribution in [3.05, 3.63) is 45.9 Å². The van der Waals surface area contributed by atoms with E-state index in [9.17, 15) is 0 Å². The lowest BCUT2D eigenvalue weighted by molar-refractivity contribution is 0.409. The maximum Gasteiger partial charge on any atom is 0.191 e. The SMILES string of the molecule is CN=C(NCCc1nc(C(C)(C)C)cs1)NCCc1ccccc1OC.I. The van der Waals surface area contributed by atoms with Crippen molar-refractivity contribution in [1.29, 1.82) is 0 Å². The average molecular weight is 502 g/mol. The van der Waals surface area contributed by atoms with Crippen LogP contribution in [0.3, 0.4) is 0 Å². The molecule has 0 aliphatic carbocycles. The van der Waals surface area contributed by atoms with E-state index in [4.69, 9.17) is 9.72 Å². The zero-order chi connectivity index (χ0) is 19.0. The van der Waals surface area contributed by atoms with Gasteiger partial charge in [0.05, 0.1) is 17.8 Å². The fraction of sp³-hybridized carbons (Fsp3) is 0.500. The van der Waals surface area contributed by atoms with Gasteiger partial charge < -0.3 is 15.4 Å². The highest BCUT2D eigenvalue weighted by Gasteiger charge is 2.17. The van der Waals surface area contributed by atoms with E-state index in [1.165, 1.54) is 5.56 Å². The third kappa shape index (κ3) is 7.65. The number of nitrogens with one attached hydrogen (secondary N) is 2. The first-order chi connectivity index (χ1) is 12.4. The molecule has 0 radical (unpaired) electrons. The Hall–Kier alpha value is -1.35. The van der Waals surface area contributed by atoms with Gasteiger partial charge >= 0.3 is 0 Å². The summed E-state index contributed by atoms with van der Waals surface area (Å²) in [7, 11) is 3.50. The minimum absolute atomic E-state index is 0. The maximum absolute atomic E-state index is 5.39. The van der Waals surface area contributed by atoms with Gasteiger partial charge in [-0.2, -0.15) is 0 Å². The fourth-order valence-electron chi connectivity index (χ4n) is 2.50. The van der Waals surface area contributed by atoms with E-state index in [1.807, 2.05) is 18.2 Å². The van der Waals surface area contributed by atoms with E-state index in [0.717, 1.165) is 48.3 Å². The summed E-state index contributed by atoms with van der Waals surface area (Å²) in [6, 6.07) is 8.10. The predicted molar refractivity (Wildman–Crippen MR) is 126 cm³/mol. The van der Waals surface area contributed by atoms with Crippen LogP contribution in [-0.2, 0) is 18.3 Å². The Kier molecular flexibility index (Phi) is 10.1. The van der Waals surface area contributed by atoms with Gasteiger partial charge in [0.25, 0.3) is 0 Å². The van der Waals surface area contributed by atoms with E-state index < -0.39 is 0 Å². The van der Waals surface area contributed by atoms with Crippen LogP contribution in [0.25, 0.3) is 0 Å². The number of aromatic nitrogens is 1. The molecule has 0 saturated carbocycles. The predicted octanol–water partition coefficient (Wildman–Crippen LogP) is 4.02. The first-order valence-corrected chi connectivity index (χ1v) is 9.83. The van der Waals surface area contributed by atoms with Gasteiger partial charge in [-0.3, -0.25) is 4.99 Å². The standard InChI is InChI=1S/C20H30N4OS.HI/c1-20(2,3)17-14-26-18(24-17)11-13-23-19(21-4)22-12-10-15-8-6-7-9-16(15)25-5;/h6-9,14H,10-13H2,1-5H3,(H2,21,22,23);1H. The number of nitrogens with zero attached hydrogens (tertiary/aromatic N) is 2. The normalized spacial score (nSPS) is 11.7. The zero-order valence-corrected chi connectivity index (χ0v) is 20.0. The second-order valence-electron chi connectivity index (χ2n) is 7.11. The molecular weight excluding hydrogens is 471 g/mol. The second-order valence-corrected chi connectivity index (χ2v) is 8.06. The van der Waals surface area contributed by atoms with Crippen LogP contribution in [0.5, 0.6) is 5.75 Å². The van der Waals surface area contributed by atoms with Gasteiger partial charge in [0.2, 0.25) is 0 Å². The second kappa shape index (κ2) is 11.5. The Morgan fingerprint density at radius 1 is 1.15 bits per heavy atom. The highest BCUT2D eigenvalue weighted by molar-refractivity contribution is 14.0. The minimum atomic E-state index is 0. The molecule has 0 unspecified atom stereocenters. The van der Waals surface area contributed by atoms with Gasteiger partial charge in [-0.05, 0) is 18.1 Å². The van der Waals surface area contributed by atoms with Crippen molar-refractivity contribution in [2.24, 2.45) is 4.99 Å². The van der Waals surface area contributed by atoms with Gasteiger partial charge in [-0.25, -0.2) is 4.98 Å². The summed E-state index contributed by atoms with van der Waals surface area (Å²) < 4.78 is 5.39. The molecule has 2 N–H and O–H groups in total. The van der Waals surface area contributed by atoms with Crippen LogP contribution in [0.1, 0.15) is 37.0 Å². The molecule has 2 aromatic rings. The largest absolute Gasteiger partial charge is 0.496 e. The lowest BCUT2D eigenvalue weighted by Crippen LogP contribution is -2.39. The Bertz CT molecular complexity index is 725. The first kappa shape index (κ1) is 23.7. The van der Waals surface area contributed by atoms with E-state index in [2.05, 4.69) is 47.8 Å². The molecule has 1 aromatic carbocycles. The van der Waals surface area contributed by atoms with Crippen LogP contribution >= 0.6 is 35.3 Å². The summed E-state index contributed by atoms with van der Waals surface area (Å²) in [5, 5.41) is 10.0. The van der Waals surface area contributed by atoms with Crippen molar-refractivity contribution < 1.29 is 4.74 Å². The molecule has 0 atom stereocenters. The molecule has 7 heteroatoms. The number of methoxy groups -OCH3 is 1. The number of aliphatic imine (C=N–C) groups is 1. The smallest absolute Gasteiger partial charge is 0.191 e. The van der Waals surface area contributed by atoms with Gasteiger partial charge in [0, 0.05) is 37.4 Å². The van der Waals surface area contributed by atoms with Crippen LogP contribution in [0, 0.1) is 0 Å². The summed E-state index contributed by atoms with van der Waals surface area (Å²) in [4.78, 5) is 9.01. The molecule has 1 heterocycles. The molecule has 0 amide bonds. The number of thiazole rings is 1. The molecular formula is C20H31IN4OS. The van der Waals surface area contributed by atoms with Crippen LogP contribution in [0.2, 0.25) is 0 Å². The van der Waals surface area contributed by atoms with Crippen LogP contribution < -0.4 is 15.4 Å². The van der Waals surface area contributed by atoms with Crippen LogP contribution in [0.15, 0.2) is 34.6 Å². The Labute approximate surface area is 184 Å². The third-order valence-electron chi connectivity index (χ3n) is 4.05. The highest BCUT2D eigenvalue weighted by atomic mass is 127. The number of halogens is 1. The molecule has 0 aliphatic rings. The van der Waals surface area contributed by atoms with Gasteiger partial charge in [0.15, 0.2) is 5.96 Å². The molecule has 2 rings (SSSR count). The highest BCUT2D eigenvalue weighted by Crippen LogP contribution is 2.23. The quantitative estimate of drug-likeness (QED) is 0.341. The maximum atomic E-state index is 5.39. The van der Waals surface area contributed by atoms with Gasteiger partial charge in [0.1, 0.15) is 5.75 Å². The number of benzene rings is 1. The molecule has 150 valence electrons. The van der Waals surface area contributed by atoms with Crippen molar-refractivity contribution in [2.45, 2.75) is 39.0 Å². The monoisotopic (exact) mass is 502 g/mol. The zero-order valence-electron chi connectivity index (χ0n) is 16.8. The average Bonchev–Trinajstić information content (AvgIpc) is 3.10. The topological polar surface area (TPSA) is 58.5 Å². The number of guanidine groups is 1. The Balaban J connectivity index is 0.00000364. The number of hydrogen-bond acceptors (Lipinski definition) is 4. The molecule has 0 saturated heterocycles. The van der Waals surface area contributed by atoms with E-state index in [0.29, 0.717) is 0 Å². The summed E-state index contributed by atoms with van der Waals surface area (Å²) >= 11 is 1.73. The number of hydrogen-bond donors (Lipinski definition) is 2. The summed E-state index contributed by atoms with van der Waals surface area (Å²) in [6.45, 7) is 8.18. The van der Waals surface area contributed by atoms with Crippen molar-refractivity contribution in [2.75, 3.05) is 27.2 Å². The molecule has 0 fully saturated rings. The van der Waals surface area contributed by atoms with Crippen LogP contribution in [0.4, 0.5) is 0 Å². The third-order valence-corrected chi connectivity index (χ3v) is 4.96. The molecule has 27 heavy (non-hydrogen) atoms. The molecule has 0 bridgehead atoms. The Morgan fingerprint density at radius 3 is 2.41 bits per heavy atom. The van der Waals surface area contributed by atoms with Crippen molar-refractivity contribution in [1.82, 2.24) is 15.6 Å². The van der Waals surface area contributed by atoms with Crippen LogP contribution in [-0.4, -0.2) is 38.2 Å². The Morgan fingerprint density at radius 2 is 1.81 bits per heavy atom. The fourth-order valence-corrected chi connectivity index (χ4v) is 3.53. The molecule has 5 nitrogen and oxygen atoms in total. The van der Waals surface area contributed by atoms with Gasteiger partial charge in [-0.15, -0.1) is 35.3 Å². The van der Waals surface area contributed by atoms with E-state index >= 15 is 0 Å². The lowest BCUT2D eigenvalue weighted by Gasteiger charge is -2.14. The summed E-state index contributed by atoms with van der Waals surface area (Å²) in [5.74, 6) is 1.74. The minimum Gasteiger partial charge on any atom is -0.496 e. The first-order valence-electron chi connectivity index (χ1n) is 8.95. The summed E-state index contributed by atoms with van der Waals surface area (Å²) in [6.07, 6.45) is 1.78. The van der Waals surface area contributed by atoms with E-state index in [1.54, 1.807) is 25.5 Å².